The van der Waals surface area contributed by atoms with Crippen LogP contribution in [0.1, 0.15) is 60.8 Å². The van der Waals surface area contributed by atoms with Gasteiger partial charge in [-0.25, -0.2) is 0 Å². The largest absolute Gasteiger partial charge is 0.460 e. The summed E-state index contributed by atoms with van der Waals surface area (Å²) in [6, 6.07) is -0.116. The molecular weight excluding hydrogens is 414 g/mol. The van der Waals surface area contributed by atoms with E-state index in [1.165, 1.54) is 0 Å². The Morgan fingerprint density at radius 2 is 1.87 bits per heavy atom. The number of aliphatic hydroxyl groups excluding tert-OH is 2. The molecule has 1 unspecified atom stereocenters. The lowest BCUT2D eigenvalue weighted by Crippen LogP contribution is -2.45. The molecule has 0 amide bonds. The van der Waals surface area contributed by atoms with Gasteiger partial charge in [0.25, 0.3) is 0 Å². The van der Waals surface area contributed by atoms with E-state index >= 15 is 0 Å². The predicted octanol–water partition coefficient (Wildman–Crippen LogP) is 3.71. The van der Waals surface area contributed by atoms with Gasteiger partial charge in [0, 0.05) is 24.0 Å². The van der Waals surface area contributed by atoms with Gasteiger partial charge in [0.2, 0.25) is 0 Å². The molecule has 2 rings (SSSR count). The summed E-state index contributed by atoms with van der Waals surface area (Å²) in [4.78, 5) is 30.4. The van der Waals surface area contributed by atoms with Crippen LogP contribution in [0.5, 0.6) is 0 Å². The number of cyclic esters (lactones) is 1. The number of thioether (sulfide) groups is 1. The van der Waals surface area contributed by atoms with Crippen molar-refractivity contribution in [2.75, 3.05) is 5.75 Å². The van der Waals surface area contributed by atoms with Gasteiger partial charge in [-0.2, -0.15) is 0 Å². The van der Waals surface area contributed by atoms with Crippen molar-refractivity contribution < 1.29 is 24.5 Å². The average Bonchev–Trinajstić information content (AvgIpc) is 3.14. The molecule has 2 aliphatic rings. The molecule has 0 saturated carbocycles. The molecule has 31 heavy (non-hydrogen) atoms. The van der Waals surface area contributed by atoms with Crippen molar-refractivity contribution in [2.45, 2.75) is 85.2 Å². The molecule has 2 heterocycles. The number of carbonyl (C=O) groups is 2. The third kappa shape index (κ3) is 6.77. The summed E-state index contributed by atoms with van der Waals surface area (Å²) < 4.78 is 5.75. The van der Waals surface area contributed by atoms with E-state index in [-0.39, 0.29) is 24.2 Å². The van der Waals surface area contributed by atoms with Crippen LogP contribution in [0, 0.1) is 17.3 Å². The van der Waals surface area contributed by atoms with Crippen LogP contribution in [0.2, 0.25) is 0 Å². The van der Waals surface area contributed by atoms with Crippen molar-refractivity contribution >= 4 is 28.6 Å². The first-order valence-corrected chi connectivity index (χ1v) is 12.0. The molecule has 174 valence electrons. The SMILES string of the molecule is CC1=CC[C@@H](C2CSC(C)=N2)OC(=O)C[C@H](O)C(C)(C)C(=O)[C@H](C)[C@@H](O)[C@@H](C)C=CC1. The van der Waals surface area contributed by atoms with Crippen molar-refractivity contribution in [3.8, 4) is 0 Å². The first kappa shape index (κ1) is 25.8. The molecule has 0 fully saturated rings. The third-order valence-electron chi connectivity index (χ3n) is 6.39. The van der Waals surface area contributed by atoms with Crippen LogP contribution in [0.15, 0.2) is 28.8 Å². The van der Waals surface area contributed by atoms with Gasteiger partial charge in [0.15, 0.2) is 0 Å². The number of Topliss-reactive ketones (excluding diaryl/α,β-unsaturated/α-hetero) is 1. The quantitative estimate of drug-likeness (QED) is 0.466. The fraction of sp³-hybridized carbons (Fsp3) is 0.708. The van der Waals surface area contributed by atoms with E-state index in [9.17, 15) is 19.8 Å². The first-order valence-electron chi connectivity index (χ1n) is 11.0. The molecule has 7 heteroatoms. The Kier molecular flexibility index (Phi) is 9.10. The van der Waals surface area contributed by atoms with Crippen molar-refractivity contribution in [1.29, 1.82) is 0 Å². The minimum atomic E-state index is -1.21. The number of nitrogens with zero attached hydrogens (tertiary/aromatic N) is 1. The fourth-order valence-electron chi connectivity index (χ4n) is 3.96. The molecule has 0 bridgehead atoms. The van der Waals surface area contributed by atoms with Crippen LogP contribution in [-0.4, -0.2) is 57.1 Å². The Morgan fingerprint density at radius 3 is 2.48 bits per heavy atom. The van der Waals surface area contributed by atoms with Crippen molar-refractivity contribution in [3.63, 3.8) is 0 Å². The fourth-order valence-corrected chi connectivity index (χ4v) is 4.87. The topological polar surface area (TPSA) is 96.2 Å². The summed E-state index contributed by atoms with van der Waals surface area (Å²) >= 11 is 1.65. The molecule has 6 atom stereocenters. The number of ether oxygens (including phenoxy) is 1. The number of hydrogen-bond acceptors (Lipinski definition) is 7. The average molecular weight is 452 g/mol. The second kappa shape index (κ2) is 10.9. The molecule has 0 radical (unpaired) electrons. The Labute approximate surface area is 190 Å². The van der Waals surface area contributed by atoms with E-state index in [0.717, 1.165) is 16.4 Å². The Bertz CT molecular complexity index is 757. The number of aliphatic hydroxyl groups is 2. The summed E-state index contributed by atoms with van der Waals surface area (Å²) in [6.07, 6.45) is 4.49. The zero-order chi connectivity index (χ0) is 23.3. The second-order valence-corrected chi connectivity index (χ2v) is 10.6. The number of ketones is 1. The second-order valence-electron chi connectivity index (χ2n) is 9.42. The van der Waals surface area contributed by atoms with Crippen LogP contribution in [-0.2, 0) is 14.3 Å². The summed E-state index contributed by atoms with van der Waals surface area (Å²) in [5.74, 6) is -0.935. The van der Waals surface area contributed by atoms with Crippen LogP contribution >= 0.6 is 11.8 Å². The molecule has 2 aliphatic heterocycles. The van der Waals surface area contributed by atoms with Gasteiger partial charge in [-0.3, -0.25) is 14.6 Å². The van der Waals surface area contributed by atoms with Crippen LogP contribution in [0.3, 0.4) is 0 Å². The lowest BCUT2D eigenvalue weighted by Gasteiger charge is -2.34. The third-order valence-corrected chi connectivity index (χ3v) is 7.42. The number of aliphatic imine (C=N–C) groups is 1. The lowest BCUT2D eigenvalue weighted by atomic mass is 9.73. The summed E-state index contributed by atoms with van der Waals surface area (Å²) in [6.45, 7) is 10.7. The summed E-state index contributed by atoms with van der Waals surface area (Å²) in [7, 11) is 0. The van der Waals surface area contributed by atoms with E-state index < -0.39 is 35.6 Å². The summed E-state index contributed by atoms with van der Waals surface area (Å²) in [5, 5.41) is 22.4. The van der Waals surface area contributed by atoms with Gasteiger partial charge >= 0.3 is 5.97 Å². The lowest BCUT2D eigenvalue weighted by molar-refractivity contribution is -0.156. The van der Waals surface area contributed by atoms with E-state index in [4.69, 9.17) is 4.74 Å². The monoisotopic (exact) mass is 451 g/mol. The Morgan fingerprint density at radius 1 is 1.19 bits per heavy atom. The van der Waals surface area contributed by atoms with Gasteiger partial charge in [0.1, 0.15) is 11.9 Å². The highest BCUT2D eigenvalue weighted by atomic mass is 32.2. The predicted molar refractivity (Wildman–Crippen MR) is 125 cm³/mol. The highest BCUT2D eigenvalue weighted by molar-refractivity contribution is 8.14. The molecule has 6 nitrogen and oxygen atoms in total. The van der Waals surface area contributed by atoms with Gasteiger partial charge in [-0.1, -0.05) is 51.5 Å². The number of carbonyl (C=O) groups excluding carboxylic acids is 2. The van der Waals surface area contributed by atoms with Crippen molar-refractivity contribution in [2.24, 2.45) is 22.2 Å². The van der Waals surface area contributed by atoms with Crippen LogP contribution in [0.25, 0.3) is 0 Å². The zero-order valence-electron chi connectivity index (χ0n) is 19.5. The molecule has 2 N–H and O–H groups in total. The molecule has 0 aromatic carbocycles. The molecular formula is C24H37NO5S. The number of esters is 1. The summed E-state index contributed by atoms with van der Waals surface area (Å²) in [5.41, 5.74) is -0.0631. The van der Waals surface area contributed by atoms with Gasteiger partial charge in [-0.05, 0) is 20.3 Å². The molecule has 0 saturated heterocycles. The van der Waals surface area contributed by atoms with E-state index in [1.54, 1.807) is 32.5 Å². The van der Waals surface area contributed by atoms with Crippen LogP contribution < -0.4 is 0 Å². The molecule has 0 aliphatic carbocycles. The Hall–Kier alpha value is -1.44. The maximum atomic E-state index is 13.1. The minimum absolute atomic E-state index is 0.116. The normalized spacial score (nSPS) is 36.0. The first-order chi connectivity index (χ1) is 14.4. The smallest absolute Gasteiger partial charge is 0.308 e. The van der Waals surface area contributed by atoms with Crippen molar-refractivity contribution in [3.05, 3.63) is 23.8 Å². The van der Waals surface area contributed by atoms with E-state index in [1.807, 2.05) is 32.9 Å². The molecule has 0 aromatic rings. The minimum Gasteiger partial charge on any atom is -0.460 e. The van der Waals surface area contributed by atoms with Gasteiger partial charge < -0.3 is 14.9 Å². The number of hydrogen-bond donors (Lipinski definition) is 2. The van der Waals surface area contributed by atoms with E-state index in [0.29, 0.717) is 12.8 Å². The Balaban J connectivity index is 2.32. The maximum Gasteiger partial charge on any atom is 0.308 e. The zero-order valence-corrected chi connectivity index (χ0v) is 20.3. The number of rotatable bonds is 1. The maximum absolute atomic E-state index is 13.1. The van der Waals surface area contributed by atoms with Gasteiger partial charge in [-0.15, -0.1) is 11.8 Å². The van der Waals surface area contributed by atoms with E-state index in [2.05, 4.69) is 11.1 Å². The highest BCUT2D eigenvalue weighted by Crippen LogP contribution is 2.32. The van der Waals surface area contributed by atoms with Gasteiger partial charge in [0.05, 0.1) is 35.1 Å². The standard InChI is InChI=1S/C24H37NO5S/c1-14-8-7-9-15(2)22(28)16(3)23(29)24(5,6)20(26)12-21(27)30-19(11-10-14)18-13-31-17(4)25-18/h7,9-10,15-16,18-20,22,26,28H,8,11-13H2,1-6H3/t15-,16+,18?,19-,20-,22-/m0/s1. The molecule has 0 aromatic heterocycles. The number of allylic oxidation sites excluding steroid dienone is 2. The molecule has 0 spiro atoms. The highest BCUT2D eigenvalue weighted by Gasteiger charge is 2.42. The van der Waals surface area contributed by atoms with Crippen molar-refractivity contribution in [1.82, 2.24) is 0 Å². The van der Waals surface area contributed by atoms with Crippen LogP contribution in [0.4, 0.5) is 0 Å².